The van der Waals surface area contributed by atoms with Crippen LogP contribution >= 0.6 is 11.3 Å². The molecule has 0 atom stereocenters. The number of carbonyl (C=O) groups is 2. The van der Waals surface area contributed by atoms with Gasteiger partial charge in [-0.15, -0.1) is 11.3 Å². The molecule has 27 heavy (non-hydrogen) atoms. The summed E-state index contributed by atoms with van der Waals surface area (Å²) in [6.45, 7) is 3.47. The van der Waals surface area contributed by atoms with Gasteiger partial charge in [0.1, 0.15) is 5.00 Å². The van der Waals surface area contributed by atoms with Crippen LogP contribution in [0.1, 0.15) is 46.6 Å². The molecule has 3 rings (SSSR count). The Labute approximate surface area is 161 Å². The van der Waals surface area contributed by atoms with E-state index in [1.54, 1.807) is 42.7 Å². The van der Waals surface area contributed by atoms with E-state index < -0.39 is 5.97 Å². The minimum Gasteiger partial charge on any atom is -0.493 e. The molecule has 1 heterocycles. The highest BCUT2D eigenvalue weighted by molar-refractivity contribution is 7.16. The molecule has 1 aromatic carbocycles. The Morgan fingerprint density at radius 1 is 1.26 bits per heavy atom. The number of thiophene rings is 1. The van der Waals surface area contributed by atoms with Crippen LogP contribution in [0, 0.1) is 0 Å². The second-order valence-corrected chi connectivity index (χ2v) is 7.10. The van der Waals surface area contributed by atoms with Crippen molar-refractivity contribution in [3.8, 4) is 11.5 Å². The lowest BCUT2D eigenvalue weighted by molar-refractivity contribution is -0.132. The first-order valence-electron chi connectivity index (χ1n) is 8.75. The lowest BCUT2D eigenvalue weighted by atomic mass is 10.1. The lowest BCUT2D eigenvalue weighted by Crippen LogP contribution is -2.06. The smallest absolute Gasteiger partial charge is 0.341 e. The maximum Gasteiger partial charge on any atom is 0.341 e. The number of aryl methyl sites for hydroxylation is 1. The van der Waals surface area contributed by atoms with Crippen LogP contribution in [0.15, 0.2) is 23.2 Å². The van der Waals surface area contributed by atoms with E-state index in [1.165, 1.54) is 18.9 Å². The van der Waals surface area contributed by atoms with Crippen LogP contribution in [0.2, 0.25) is 0 Å². The Morgan fingerprint density at radius 3 is 2.78 bits per heavy atom. The van der Waals surface area contributed by atoms with Crippen molar-refractivity contribution in [2.75, 3.05) is 13.7 Å². The number of benzene rings is 1. The van der Waals surface area contributed by atoms with Gasteiger partial charge >= 0.3 is 11.9 Å². The predicted octanol–water partition coefficient (Wildman–Crippen LogP) is 4.10. The zero-order chi connectivity index (χ0) is 19.4. The standard InChI is InChI=1S/C20H21NO5S/c1-4-25-20(23)18-14-6-5-7-17(14)27-19(18)21-11-13-8-9-15(26-12(2)22)16(10-13)24-3/h8-11H,4-7H2,1-3H3. The molecule has 6 nitrogen and oxygen atoms in total. The number of rotatable bonds is 6. The van der Waals surface area contributed by atoms with Crippen LogP contribution in [0.5, 0.6) is 11.5 Å². The summed E-state index contributed by atoms with van der Waals surface area (Å²) in [6.07, 6.45) is 4.60. The fourth-order valence-electron chi connectivity index (χ4n) is 3.03. The number of carbonyl (C=O) groups excluding carboxylic acids is 2. The monoisotopic (exact) mass is 387 g/mol. The molecule has 0 spiro atoms. The molecule has 142 valence electrons. The number of aliphatic imine (C=N–C) groups is 1. The number of esters is 2. The topological polar surface area (TPSA) is 74.2 Å². The number of nitrogens with zero attached hydrogens (tertiary/aromatic N) is 1. The molecule has 2 aromatic rings. The van der Waals surface area contributed by atoms with Crippen LogP contribution in [0.25, 0.3) is 0 Å². The maximum atomic E-state index is 12.4. The van der Waals surface area contributed by atoms with Gasteiger partial charge < -0.3 is 14.2 Å². The Hall–Kier alpha value is -2.67. The van der Waals surface area contributed by atoms with Gasteiger partial charge in [-0.05, 0) is 55.5 Å². The van der Waals surface area contributed by atoms with E-state index in [4.69, 9.17) is 14.2 Å². The number of methoxy groups -OCH3 is 1. The molecule has 0 unspecified atom stereocenters. The summed E-state index contributed by atoms with van der Waals surface area (Å²) in [7, 11) is 1.51. The molecular weight excluding hydrogens is 366 g/mol. The number of fused-ring (bicyclic) bond motifs is 1. The van der Waals surface area contributed by atoms with Gasteiger partial charge in [-0.1, -0.05) is 0 Å². The summed E-state index contributed by atoms with van der Waals surface area (Å²) >= 11 is 1.54. The molecule has 0 amide bonds. The van der Waals surface area contributed by atoms with Crippen molar-refractivity contribution in [3.63, 3.8) is 0 Å². The van der Waals surface area contributed by atoms with Gasteiger partial charge in [0.05, 0.1) is 19.3 Å². The van der Waals surface area contributed by atoms with Crippen LogP contribution in [0.3, 0.4) is 0 Å². The average Bonchev–Trinajstić information content (AvgIpc) is 3.21. The van der Waals surface area contributed by atoms with E-state index in [2.05, 4.69) is 4.99 Å². The second kappa shape index (κ2) is 8.35. The Kier molecular flexibility index (Phi) is 5.91. The summed E-state index contributed by atoms with van der Waals surface area (Å²) in [5.41, 5.74) is 2.44. The third-order valence-electron chi connectivity index (χ3n) is 4.15. The van der Waals surface area contributed by atoms with Crippen molar-refractivity contribution in [2.45, 2.75) is 33.1 Å². The van der Waals surface area contributed by atoms with E-state index in [0.29, 0.717) is 28.7 Å². The zero-order valence-electron chi connectivity index (χ0n) is 15.5. The third kappa shape index (κ3) is 4.19. The molecule has 0 saturated heterocycles. The van der Waals surface area contributed by atoms with Gasteiger partial charge in [0.15, 0.2) is 11.5 Å². The van der Waals surface area contributed by atoms with Crippen molar-refractivity contribution in [2.24, 2.45) is 4.99 Å². The third-order valence-corrected chi connectivity index (χ3v) is 5.35. The van der Waals surface area contributed by atoms with Crippen molar-refractivity contribution in [1.82, 2.24) is 0 Å². The molecule has 0 saturated carbocycles. The molecular formula is C20H21NO5S. The van der Waals surface area contributed by atoms with E-state index >= 15 is 0 Å². The number of hydrogen-bond donors (Lipinski definition) is 0. The summed E-state index contributed by atoms with van der Waals surface area (Å²) in [4.78, 5) is 29.3. The molecule has 0 fully saturated rings. The van der Waals surface area contributed by atoms with Crippen molar-refractivity contribution in [1.29, 1.82) is 0 Å². The molecule has 0 bridgehead atoms. The van der Waals surface area contributed by atoms with Crippen LogP contribution in [-0.4, -0.2) is 31.9 Å². The SMILES string of the molecule is CCOC(=O)c1c(N=Cc2ccc(OC(C)=O)c(OC)c2)sc2c1CCC2. The summed E-state index contributed by atoms with van der Waals surface area (Å²) in [6, 6.07) is 5.16. The minimum absolute atomic E-state index is 0.313. The Bertz CT molecular complexity index is 900. The molecule has 1 aliphatic carbocycles. The first-order valence-corrected chi connectivity index (χ1v) is 9.57. The van der Waals surface area contributed by atoms with Crippen LogP contribution < -0.4 is 9.47 Å². The van der Waals surface area contributed by atoms with Crippen molar-refractivity contribution < 1.29 is 23.8 Å². The largest absolute Gasteiger partial charge is 0.493 e. The van der Waals surface area contributed by atoms with Gasteiger partial charge in [-0.3, -0.25) is 4.79 Å². The maximum absolute atomic E-state index is 12.4. The highest BCUT2D eigenvalue weighted by Crippen LogP contribution is 2.41. The summed E-state index contributed by atoms with van der Waals surface area (Å²) in [5, 5.41) is 0.668. The van der Waals surface area contributed by atoms with Gasteiger partial charge in [-0.2, -0.15) is 0 Å². The Balaban J connectivity index is 1.90. The zero-order valence-corrected chi connectivity index (χ0v) is 16.4. The van der Waals surface area contributed by atoms with E-state index in [-0.39, 0.29) is 5.97 Å². The molecule has 0 aliphatic heterocycles. The van der Waals surface area contributed by atoms with Gasteiger partial charge in [0.2, 0.25) is 0 Å². The molecule has 1 aliphatic rings. The first-order chi connectivity index (χ1) is 13.0. The van der Waals surface area contributed by atoms with E-state index in [1.807, 2.05) is 0 Å². The number of hydrogen-bond acceptors (Lipinski definition) is 7. The molecule has 0 N–H and O–H groups in total. The first kappa shape index (κ1) is 19.1. The fraction of sp³-hybridized carbons (Fsp3) is 0.350. The quantitative estimate of drug-likeness (QED) is 0.424. The fourth-order valence-corrected chi connectivity index (χ4v) is 4.25. The summed E-state index contributed by atoms with van der Waals surface area (Å²) in [5.74, 6) is 0.0617. The van der Waals surface area contributed by atoms with Gasteiger partial charge in [0, 0.05) is 18.0 Å². The normalized spacial score (nSPS) is 12.9. The van der Waals surface area contributed by atoms with E-state index in [0.717, 1.165) is 30.4 Å². The molecule has 1 aromatic heterocycles. The Morgan fingerprint density at radius 2 is 2.07 bits per heavy atom. The number of ether oxygens (including phenoxy) is 3. The van der Waals surface area contributed by atoms with Crippen LogP contribution in [-0.2, 0) is 22.4 Å². The lowest BCUT2D eigenvalue weighted by Gasteiger charge is -2.08. The summed E-state index contributed by atoms with van der Waals surface area (Å²) < 4.78 is 15.6. The van der Waals surface area contributed by atoms with Crippen LogP contribution in [0.4, 0.5) is 5.00 Å². The predicted molar refractivity (Wildman–Crippen MR) is 104 cm³/mol. The second-order valence-electron chi connectivity index (χ2n) is 6.02. The highest BCUT2D eigenvalue weighted by Gasteiger charge is 2.27. The van der Waals surface area contributed by atoms with E-state index in [9.17, 15) is 9.59 Å². The minimum atomic E-state index is -0.415. The molecule has 7 heteroatoms. The van der Waals surface area contributed by atoms with Crippen molar-refractivity contribution in [3.05, 3.63) is 39.8 Å². The molecule has 0 radical (unpaired) electrons. The van der Waals surface area contributed by atoms with Gasteiger partial charge in [-0.25, -0.2) is 9.79 Å². The highest BCUT2D eigenvalue weighted by atomic mass is 32.1. The van der Waals surface area contributed by atoms with Crippen molar-refractivity contribution >= 4 is 34.5 Å². The van der Waals surface area contributed by atoms with Gasteiger partial charge in [0.25, 0.3) is 0 Å². The average molecular weight is 387 g/mol.